The molecule has 2 amide bonds. The Labute approximate surface area is 216 Å². The smallest absolute Gasteiger partial charge is 0.257 e. The quantitative estimate of drug-likeness (QED) is 0.202. The van der Waals surface area contributed by atoms with Crippen LogP contribution in [-0.4, -0.2) is 23.5 Å². The molecule has 36 heavy (non-hydrogen) atoms. The Morgan fingerprint density at radius 2 is 1.53 bits per heavy atom. The average molecular weight is 508 g/mol. The maximum absolute atomic E-state index is 13.1. The van der Waals surface area contributed by atoms with Crippen molar-refractivity contribution in [3.05, 3.63) is 89.7 Å². The molecule has 0 saturated carbocycles. The summed E-state index contributed by atoms with van der Waals surface area (Å²) >= 11 is 5.26. The molecule has 8 heteroatoms. The van der Waals surface area contributed by atoms with Crippen molar-refractivity contribution in [3.8, 4) is 5.75 Å². The number of ether oxygens (including phenoxy) is 1. The molecule has 0 aliphatic carbocycles. The van der Waals surface area contributed by atoms with Crippen LogP contribution in [-0.2, 0) is 0 Å². The lowest BCUT2D eigenvalue weighted by Gasteiger charge is -2.12. The summed E-state index contributed by atoms with van der Waals surface area (Å²) in [7, 11) is 0. The molecule has 0 aliphatic rings. The van der Waals surface area contributed by atoms with Crippen LogP contribution in [0.4, 0.5) is 15.8 Å². The van der Waals surface area contributed by atoms with Crippen molar-refractivity contribution < 1.29 is 18.7 Å². The lowest BCUT2D eigenvalue weighted by molar-refractivity contribution is 0.0976. The maximum atomic E-state index is 13.1. The molecule has 0 spiro atoms. The molecule has 3 aromatic carbocycles. The van der Waals surface area contributed by atoms with E-state index in [-0.39, 0.29) is 22.7 Å². The lowest BCUT2D eigenvalue weighted by Crippen LogP contribution is -2.34. The predicted octanol–water partition coefficient (Wildman–Crippen LogP) is 6.55. The van der Waals surface area contributed by atoms with Gasteiger partial charge in [0.05, 0.1) is 6.61 Å². The molecule has 3 N–H and O–H groups in total. The topological polar surface area (TPSA) is 79.5 Å². The molecule has 188 valence electrons. The van der Waals surface area contributed by atoms with Crippen LogP contribution in [0.5, 0.6) is 5.75 Å². The van der Waals surface area contributed by atoms with E-state index in [1.807, 2.05) is 0 Å². The number of amides is 2. The molecule has 0 heterocycles. The summed E-state index contributed by atoms with van der Waals surface area (Å²) in [5.41, 5.74) is 1.84. The molecule has 0 atom stereocenters. The van der Waals surface area contributed by atoms with Crippen molar-refractivity contribution in [2.75, 3.05) is 17.2 Å². The number of thiocarbonyl (C=S) groups is 1. The maximum Gasteiger partial charge on any atom is 0.257 e. The normalized spacial score (nSPS) is 10.4. The lowest BCUT2D eigenvalue weighted by atomic mass is 10.1. The van der Waals surface area contributed by atoms with Crippen molar-refractivity contribution in [3.63, 3.8) is 0 Å². The van der Waals surface area contributed by atoms with E-state index in [1.165, 1.54) is 43.5 Å². The van der Waals surface area contributed by atoms with Gasteiger partial charge in [0.15, 0.2) is 5.11 Å². The van der Waals surface area contributed by atoms with Crippen LogP contribution in [0.1, 0.15) is 59.7 Å². The third-order valence-corrected chi connectivity index (χ3v) is 5.55. The summed E-state index contributed by atoms with van der Waals surface area (Å²) in [4.78, 5) is 25.1. The highest BCUT2D eigenvalue weighted by atomic mass is 32.1. The van der Waals surface area contributed by atoms with E-state index < -0.39 is 0 Å². The van der Waals surface area contributed by atoms with Crippen molar-refractivity contribution in [2.45, 2.75) is 39.0 Å². The van der Waals surface area contributed by atoms with Gasteiger partial charge in [-0.2, -0.15) is 0 Å². The molecular weight excluding hydrogens is 477 g/mol. The fraction of sp³-hybridized carbons (Fsp3) is 0.250. The van der Waals surface area contributed by atoms with E-state index in [1.54, 1.807) is 48.5 Å². The van der Waals surface area contributed by atoms with Crippen molar-refractivity contribution >= 4 is 40.5 Å². The number of carbonyl (C=O) groups is 2. The number of nitrogens with one attached hydrogen (secondary N) is 3. The Balaban J connectivity index is 1.47. The van der Waals surface area contributed by atoms with Crippen LogP contribution in [0, 0.1) is 5.82 Å². The number of unbranched alkanes of at least 4 members (excludes halogenated alkanes) is 4. The number of benzene rings is 3. The van der Waals surface area contributed by atoms with Gasteiger partial charge >= 0.3 is 0 Å². The van der Waals surface area contributed by atoms with Crippen molar-refractivity contribution in [2.24, 2.45) is 0 Å². The molecule has 6 nitrogen and oxygen atoms in total. The SMILES string of the molecule is CCCCCCCOc1ccc(C(=O)NC(=S)Nc2cccc(C(=O)Nc3ccc(F)cc3)c2)cc1. The first kappa shape index (κ1) is 26.8. The zero-order chi connectivity index (χ0) is 25.8. The first-order valence-electron chi connectivity index (χ1n) is 12.0. The first-order valence-corrected chi connectivity index (χ1v) is 12.4. The van der Waals surface area contributed by atoms with E-state index in [2.05, 4.69) is 22.9 Å². The first-order chi connectivity index (χ1) is 17.4. The van der Waals surface area contributed by atoms with Crippen LogP contribution < -0.4 is 20.7 Å². The van der Waals surface area contributed by atoms with E-state index in [0.29, 0.717) is 29.1 Å². The number of anilines is 2. The number of carbonyl (C=O) groups excluding carboxylic acids is 2. The van der Waals surface area contributed by atoms with Crippen LogP contribution in [0.15, 0.2) is 72.8 Å². The van der Waals surface area contributed by atoms with Gasteiger partial charge in [0, 0.05) is 22.5 Å². The van der Waals surface area contributed by atoms with Crippen LogP contribution >= 0.6 is 12.2 Å². The minimum atomic E-state index is -0.382. The van der Waals surface area contributed by atoms with Gasteiger partial charge in [-0.1, -0.05) is 38.7 Å². The average Bonchev–Trinajstić information content (AvgIpc) is 2.88. The molecule has 0 fully saturated rings. The summed E-state index contributed by atoms with van der Waals surface area (Å²) in [5, 5.41) is 8.35. The third-order valence-electron chi connectivity index (χ3n) is 5.34. The van der Waals surface area contributed by atoms with Crippen molar-refractivity contribution in [1.29, 1.82) is 0 Å². The summed E-state index contributed by atoms with van der Waals surface area (Å²) in [5.74, 6) is -0.377. The fourth-order valence-electron chi connectivity index (χ4n) is 3.41. The summed E-state index contributed by atoms with van der Waals surface area (Å²) in [6, 6.07) is 19.1. The van der Waals surface area contributed by atoms with E-state index in [0.717, 1.165) is 18.6 Å². The number of halogens is 1. The van der Waals surface area contributed by atoms with Gasteiger partial charge in [-0.15, -0.1) is 0 Å². The second-order valence-corrected chi connectivity index (χ2v) is 8.65. The van der Waals surface area contributed by atoms with Crippen molar-refractivity contribution in [1.82, 2.24) is 5.32 Å². The molecule has 0 aromatic heterocycles. The van der Waals surface area contributed by atoms with Crippen LogP contribution in [0.3, 0.4) is 0 Å². The zero-order valence-electron chi connectivity index (χ0n) is 20.2. The number of rotatable bonds is 11. The van der Waals surface area contributed by atoms with Gasteiger partial charge in [0.1, 0.15) is 11.6 Å². The Morgan fingerprint density at radius 3 is 2.25 bits per heavy atom. The molecule has 0 bridgehead atoms. The van der Waals surface area contributed by atoms with Crippen LogP contribution in [0.2, 0.25) is 0 Å². The van der Waals surface area contributed by atoms with Gasteiger partial charge in [0.25, 0.3) is 11.8 Å². The third kappa shape index (κ3) is 8.78. The Bertz CT molecular complexity index is 1170. The molecular formula is C28H30FN3O3S. The Morgan fingerprint density at radius 1 is 0.806 bits per heavy atom. The Hall–Kier alpha value is -3.78. The molecule has 3 aromatic rings. The molecule has 0 aliphatic heterocycles. The molecule has 0 radical (unpaired) electrons. The molecule has 0 unspecified atom stereocenters. The summed E-state index contributed by atoms with van der Waals surface area (Å²) in [6.45, 7) is 2.85. The monoisotopic (exact) mass is 507 g/mol. The second-order valence-electron chi connectivity index (χ2n) is 8.24. The second kappa shape index (κ2) is 13.9. The molecule has 0 saturated heterocycles. The van der Waals surface area contributed by atoms with Crippen LogP contribution in [0.25, 0.3) is 0 Å². The minimum absolute atomic E-state index is 0.100. The number of hydrogen-bond acceptors (Lipinski definition) is 4. The molecule has 3 rings (SSSR count). The predicted molar refractivity (Wildman–Crippen MR) is 145 cm³/mol. The summed E-state index contributed by atoms with van der Waals surface area (Å²) < 4.78 is 18.8. The highest BCUT2D eigenvalue weighted by Gasteiger charge is 2.11. The van der Waals surface area contributed by atoms with E-state index >= 15 is 0 Å². The van der Waals surface area contributed by atoms with Gasteiger partial charge in [-0.25, -0.2) is 4.39 Å². The fourth-order valence-corrected chi connectivity index (χ4v) is 3.62. The van der Waals surface area contributed by atoms with Gasteiger partial charge in [-0.05, 0) is 85.4 Å². The summed E-state index contributed by atoms with van der Waals surface area (Å²) in [6.07, 6.45) is 5.85. The van der Waals surface area contributed by atoms with Gasteiger partial charge in [-0.3, -0.25) is 14.9 Å². The van der Waals surface area contributed by atoms with Gasteiger partial charge < -0.3 is 15.4 Å². The highest BCUT2D eigenvalue weighted by Crippen LogP contribution is 2.16. The zero-order valence-corrected chi connectivity index (χ0v) is 21.0. The van der Waals surface area contributed by atoms with Gasteiger partial charge in [0.2, 0.25) is 0 Å². The largest absolute Gasteiger partial charge is 0.494 e. The number of hydrogen-bond donors (Lipinski definition) is 3. The highest BCUT2D eigenvalue weighted by molar-refractivity contribution is 7.80. The standard InChI is InChI=1S/C28H30FN3O3S/c1-2-3-4-5-6-18-35-25-16-10-20(11-17-25)26(33)32-28(36)31-24-9-7-8-21(19-24)27(34)30-23-14-12-22(29)13-15-23/h7-17,19H,2-6,18H2,1H3,(H,30,34)(H2,31,32,33,36). The Kier molecular flexibility index (Phi) is 10.4. The minimum Gasteiger partial charge on any atom is -0.494 e. The van der Waals surface area contributed by atoms with E-state index in [4.69, 9.17) is 17.0 Å². The van der Waals surface area contributed by atoms with E-state index in [9.17, 15) is 14.0 Å².